The van der Waals surface area contributed by atoms with Gasteiger partial charge in [0.1, 0.15) is 30.5 Å². The van der Waals surface area contributed by atoms with E-state index in [1.807, 2.05) is 54.6 Å². The quantitative estimate of drug-likeness (QED) is 0.545. The second-order valence-electron chi connectivity index (χ2n) is 6.07. The topological polar surface area (TPSA) is 38.7 Å². The molecule has 3 nitrogen and oxygen atoms in total. The minimum absolute atomic E-state index is 0.378. The Morgan fingerprint density at radius 3 is 2.16 bits per heavy atom. The molecule has 1 N–H and O–H groups in total. The second-order valence-corrected chi connectivity index (χ2v) is 6.07. The predicted octanol–water partition coefficient (Wildman–Crippen LogP) is 4.66. The Bertz CT molecular complexity index is 913. The Hall–Kier alpha value is -2.94. The molecule has 3 aromatic rings. The molecule has 0 saturated heterocycles. The van der Waals surface area contributed by atoms with Gasteiger partial charge in [0, 0.05) is 21.9 Å². The van der Waals surface area contributed by atoms with Crippen LogP contribution in [0.3, 0.4) is 0 Å². The van der Waals surface area contributed by atoms with Crippen LogP contribution in [-0.4, -0.2) is 18.3 Å². The van der Waals surface area contributed by atoms with Crippen LogP contribution in [-0.2, 0) is 12.8 Å². The standard InChI is InChI=1S/C22H20O3/c23-21-17-10-4-6-12-19(17)22(20-13-7-5-11-18(20)21)25-15-14-24-16-8-2-1-3-9-16/h1-10,12,23H,11,13-15H2. The summed E-state index contributed by atoms with van der Waals surface area (Å²) in [5, 5.41) is 12.4. The molecule has 0 aromatic heterocycles. The first-order valence-electron chi connectivity index (χ1n) is 8.55. The molecule has 3 aromatic carbocycles. The lowest BCUT2D eigenvalue weighted by Gasteiger charge is -2.21. The number of phenols is 1. The Labute approximate surface area is 147 Å². The Morgan fingerprint density at radius 2 is 1.36 bits per heavy atom. The number of ether oxygens (including phenoxy) is 2. The number of hydrogen-bond acceptors (Lipinski definition) is 3. The van der Waals surface area contributed by atoms with Crippen molar-refractivity contribution in [1.29, 1.82) is 0 Å². The van der Waals surface area contributed by atoms with Gasteiger partial charge in [0.25, 0.3) is 0 Å². The number of allylic oxidation sites excluding steroid dienone is 2. The number of hydrogen-bond donors (Lipinski definition) is 1. The molecule has 0 bridgehead atoms. The smallest absolute Gasteiger partial charge is 0.131 e. The molecule has 0 atom stereocenters. The van der Waals surface area contributed by atoms with Gasteiger partial charge in [-0.1, -0.05) is 54.6 Å². The van der Waals surface area contributed by atoms with E-state index in [1.54, 1.807) is 0 Å². The molecule has 0 heterocycles. The zero-order chi connectivity index (χ0) is 17.1. The molecule has 25 heavy (non-hydrogen) atoms. The number of benzene rings is 3. The molecular formula is C22H20O3. The summed E-state index contributed by atoms with van der Waals surface area (Å²) in [6.07, 6.45) is 5.74. The zero-order valence-electron chi connectivity index (χ0n) is 13.9. The molecule has 0 amide bonds. The van der Waals surface area contributed by atoms with Gasteiger partial charge < -0.3 is 14.6 Å². The normalized spacial score (nSPS) is 12.8. The minimum atomic E-state index is 0.378. The molecule has 126 valence electrons. The summed E-state index contributed by atoms with van der Waals surface area (Å²) >= 11 is 0. The van der Waals surface area contributed by atoms with Crippen molar-refractivity contribution < 1.29 is 14.6 Å². The maximum Gasteiger partial charge on any atom is 0.131 e. The highest BCUT2D eigenvalue weighted by Gasteiger charge is 2.20. The fraction of sp³-hybridized carbons (Fsp3) is 0.182. The van der Waals surface area contributed by atoms with Crippen LogP contribution < -0.4 is 9.47 Å². The van der Waals surface area contributed by atoms with Crippen LogP contribution in [0.1, 0.15) is 11.1 Å². The average molecular weight is 332 g/mol. The molecule has 0 fully saturated rings. The first-order chi connectivity index (χ1) is 12.3. The Kier molecular flexibility index (Phi) is 4.30. The molecule has 0 radical (unpaired) electrons. The SMILES string of the molecule is Oc1c2c(c(OCCOc3ccccc3)c3ccccc13)CC=CC2. The molecule has 0 spiro atoms. The van der Waals surface area contributed by atoms with Crippen molar-refractivity contribution in [1.82, 2.24) is 0 Å². The van der Waals surface area contributed by atoms with Crippen molar-refractivity contribution in [3.05, 3.63) is 77.9 Å². The Morgan fingerprint density at radius 1 is 0.720 bits per heavy atom. The maximum absolute atomic E-state index is 10.6. The third-order valence-electron chi connectivity index (χ3n) is 4.50. The highest BCUT2D eigenvalue weighted by atomic mass is 16.5. The summed E-state index contributed by atoms with van der Waals surface area (Å²) in [5.74, 6) is 2.08. The largest absolute Gasteiger partial charge is 0.507 e. The summed E-state index contributed by atoms with van der Waals surface area (Å²) in [5.41, 5.74) is 2.05. The van der Waals surface area contributed by atoms with E-state index in [4.69, 9.17) is 9.47 Å². The first kappa shape index (κ1) is 15.6. The molecule has 0 saturated carbocycles. The molecular weight excluding hydrogens is 312 g/mol. The molecule has 1 aliphatic carbocycles. The maximum atomic E-state index is 10.6. The summed E-state index contributed by atoms with van der Waals surface area (Å²) in [4.78, 5) is 0. The lowest BCUT2D eigenvalue weighted by Crippen LogP contribution is -2.12. The van der Waals surface area contributed by atoms with Crippen LogP contribution in [0.4, 0.5) is 0 Å². The summed E-state index contributed by atoms with van der Waals surface area (Å²) < 4.78 is 11.8. The summed E-state index contributed by atoms with van der Waals surface area (Å²) in [6.45, 7) is 0.934. The first-order valence-corrected chi connectivity index (χ1v) is 8.55. The third kappa shape index (κ3) is 3.05. The van der Waals surface area contributed by atoms with E-state index in [-0.39, 0.29) is 0 Å². The van der Waals surface area contributed by atoms with E-state index in [9.17, 15) is 5.11 Å². The van der Waals surface area contributed by atoms with Crippen LogP contribution in [0.5, 0.6) is 17.2 Å². The monoisotopic (exact) mass is 332 g/mol. The summed E-state index contributed by atoms with van der Waals surface area (Å²) in [7, 11) is 0. The predicted molar refractivity (Wildman–Crippen MR) is 99.6 cm³/mol. The lowest BCUT2D eigenvalue weighted by atomic mass is 9.91. The van der Waals surface area contributed by atoms with Crippen molar-refractivity contribution in [2.45, 2.75) is 12.8 Å². The summed E-state index contributed by atoms with van der Waals surface area (Å²) in [6, 6.07) is 17.6. The minimum Gasteiger partial charge on any atom is -0.507 e. The van der Waals surface area contributed by atoms with E-state index >= 15 is 0 Å². The fourth-order valence-electron chi connectivity index (χ4n) is 3.32. The van der Waals surface area contributed by atoms with Crippen LogP contribution in [0.25, 0.3) is 10.8 Å². The van der Waals surface area contributed by atoms with Gasteiger partial charge >= 0.3 is 0 Å². The number of rotatable bonds is 5. The van der Waals surface area contributed by atoms with E-state index in [2.05, 4.69) is 12.2 Å². The molecule has 0 aliphatic heterocycles. The number of aromatic hydroxyl groups is 1. The van der Waals surface area contributed by atoms with Gasteiger partial charge in [0.2, 0.25) is 0 Å². The van der Waals surface area contributed by atoms with Crippen LogP contribution in [0.2, 0.25) is 0 Å². The van der Waals surface area contributed by atoms with Gasteiger partial charge in [0.15, 0.2) is 0 Å². The van der Waals surface area contributed by atoms with E-state index < -0.39 is 0 Å². The number of fused-ring (bicyclic) bond motifs is 2. The molecule has 3 heteroatoms. The van der Waals surface area contributed by atoms with Gasteiger partial charge in [-0.15, -0.1) is 0 Å². The van der Waals surface area contributed by atoms with E-state index in [0.29, 0.717) is 19.0 Å². The van der Waals surface area contributed by atoms with Gasteiger partial charge in [-0.05, 0) is 25.0 Å². The second kappa shape index (κ2) is 6.89. The molecule has 0 unspecified atom stereocenters. The number of para-hydroxylation sites is 1. The van der Waals surface area contributed by atoms with Crippen LogP contribution in [0, 0.1) is 0 Å². The molecule has 1 aliphatic rings. The fourth-order valence-corrected chi connectivity index (χ4v) is 3.32. The van der Waals surface area contributed by atoms with E-state index in [1.165, 1.54) is 0 Å². The highest BCUT2D eigenvalue weighted by Crippen LogP contribution is 2.42. The van der Waals surface area contributed by atoms with Crippen molar-refractivity contribution in [3.63, 3.8) is 0 Å². The Balaban J connectivity index is 1.59. The van der Waals surface area contributed by atoms with Crippen LogP contribution >= 0.6 is 0 Å². The van der Waals surface area contributed by atoms with Crippen molar-refractivity contribution in [3.8, 4) is 17.2 Å². The average Bonchev–Trinajstić information content (AvgIpc) is 2.68. The van der Waals surface area contributed by atoms with E-state index in [0.717, 1.165) is 46.2 Å². The third-order valence-corrected chi connectivity index (χ3v) is 4.50. The zero-order valence-corrected chi connectivity index (χ0v) is 13.9. The van der Waals surface area contributed by atoms with Gasteiger partial charge in [-0.25, -0.2) is 0 Å². The molecule has 4 rings (SSSR count). The van der Waals surface area contributed by atoms with Crippen molar-refractivity contribution >= 4 is 10.8 Å². The highest BCUT2D eigenvalue weighted by molar-refractivity contribution is 5.96. The number of phenolic OH excluding ortho intramolecular Hbond substituents is 1. The van der Waals surface area contributed by atoms with Crippen molar-refractivity contribution in [2.75, 3.05) is 13.2 Å². The van der Waals surface area contributed by atoms with Gasteiger partial charge in [-0.2, -0.15) is 0 Å². The van der Waals surface area contributed by atoms with Gasteiger partial charge in [-0.3, -0.25) is 0 Å². The van der Waals surface area contributed by atoms with Crippen LogP contribution in [0.15, 0.2) is 66.7 Å². The van der Waals surface area contributed by atoms with Crippen molar-refractivity contribution in [2.24, 2.45) is 0 Å². The lowest BCUT2D eigenvalue weighted by molar-refractivity contribution is 0.217. The van der Waals surface area contributed by atoms with Gasteiger partial charge in [0.05, 0.1) is 0 Å².